The third-order valence-corrected chi connectivity index (χ3v) is 6.51. The van der Waals surface area contributed by atoms with Gasteiger partial charge in [-0.2, -0.15) is 0 Å². The number of thiazole rings is 1. The Morgan fingerprint density at radius 1 is 1.23 bits per heavy atom. The van der Waals surface area contributed by atoms with E-state index < -0.39 is 0 Å². The van der Waals surface area contributed by atoms with Gasteiger partial charge in [0.05, 0.1) is 22.6 Å². The zero-order chi connectivity index (χ0) is 20.5. The van der Waals surface area contributed by atoms with Crippen LogP contribution in [0.5, 0.6) is 0 Å². The Balaban J connectivity index is 1.28. The van der Waals surface area contributed by atoms with E-state index >= 15 is 0 Å². The average molecular weight is 420 g/mol. The predicted octanol–water partition coefficient (Wildman–Crippen LogP) is 2.30. The lowest BCUT2D eigenvalue weighted by atomic mass is 10.1. The molecule has 30 heavy (non-hydrogen) atoms. The highest BCUT2D eigenvalue weighted by Gasteiger charge is 2.24. The van der Waals surface area contributed by atoms with Gasteiger partial charge >= 0.3 is 0 Å². The summed E-state index contributed by atoms with van der Waals surface area (Å²) < 4.78 is 1.81. The average Bonchev–Trinajstić information content (AvgIpc) is 3.36. The lowest BCUT2D eigenvalue weighted by molar-refractivity contribution is -0.929. The molecule has 0 aliphatic carbocycles. The molecular formula is C22H23N6OS+. The van der Waals surface area contributed by atoms with E-state index in [0.717, 1.165) is 49.3 Å². The van der Waals surface area contributed by atoms with Crippen LogP contribution in [0.15, 0.2) is 48.5 Å². The standard InChI is InChI=1S/C22H22N6OS/c1-2-28-19-9-8-16(12-18(19)25-26-28)21(29)24-22-23-17-10-11-27(14-20(17)30-22)13-15-6-4-3-5-7-15/h3-9,12H,2,10-11,13-14H2,1H3,(H,23,24,29)/p+1. The Morgan fingerprint density at radius 3 is 2.93 bits per heavy atom. The third kappa shape index (κ3) is 3.71. The van der Waals surface area contributed by atoms with Crippen LogP contribution in [0.1, 0.15) is 33.4 Å². The monoisotopic (exact) mass is 419 g/mol. The molecule has 1 aliphatic heterocycles. The largest absolute Gasteiger partial charge is 0.326 e. The second kappa shape index (κ2) is 7.97. The number of hydrogen-bond donors (Lipinski definition) is 2. The van der Waals surface area contributed by atoms with Crippen LogP contribution in [0.4, 0.5) is 5.13 Å². The van der Waals surface area contributed by atoms with Gasteiger partial charge in [-0.25, -0.2) is 9.67 Å². The van der Waals surface area contributed by atoms with Crippen LogP contribution in [0, 0.1) is 0 Å². The van der Waals surface area contributed by atoms with Crippen molar-refractivity contribution in [3.8, 4) is 0 Å². The van der Waals surface area contributed by atoms with E-state index in [0.29, 0.717) is 10.7 Å². The number of nitrogens with zero attached hydrogens (tertiary/aromatic N) is 4. The Morgan fingerprint density at radius 2 is 2.10 bits per heavy atom. The molecule has 7 nitrogen and oxygen atoms in total. The third-order valence-electron chi connectivity index (χ3n) is 5.50. The first-order valence-electron chi connectivity index (χ1n) is 10.2. The molecule has 0 saturated heterocycles. The van der Waals surface area contributed by atoms with Crippen LogP contribution in [-0.4, -0.2) is 32.4 Å². The number of aromatic nitrogens is 4. The number of carbonyl (C=O) groups is 1. The fourth-order valence-electron chi connectivity index (χ4n) is 3.93. The summed E-state index contributed by atoms with van der Waals surface area (Å²) in [5, 5.41) is 11.9. The molecule has 2 N–H and O–H groups in total. The number of quaternary nitrogens is 1. The molecule has 5 rings (SSSR count). The van der Waals surface area contributed by atoms with Crippen molar-refractivity contribution in [1.82, 2.24) is 20.0 Å². The molecule has 0 bridgehead atoms. The Bertz CT molecular complexity index is 1200. The van der Waals surface area contributed by atoms with Crippen LogP contribution in [0.3, 0.4) is 0 Å². The summed E-state index contributed by atoms with van der Waals surface area (Å²) in [5.41, 5.74) is 4.69. The van der Waals surface area contributed by atoms with Crippen molar-refractivity contribution in [3.05, 3.63) is 70.2 Å². The van der Waals surface area contributed by atoms with Gasteiger partial charge in [0.15, 0.2) is 5.13 Å². The van der Waals surface area contributed by atoms with Crippen LogP contribution in [0.2, 0.25) is 0 Å². The van der Waals surface area contributed by atoms with Gasteiger partial charge in [-0.3, -0.25) is 10.1 Å². The Kier molecular flexibility index (Phi) is 5.02. The van der Waals surface area contributed by atoms with Crippen molar-refractivity contribution in [2.24, 2.45) is 0 Å². The van der Waals surface area contributed by atoms with Crippen LogP contribution >= 0.6 is 11.3 Å². The van der Waals surface area contributed by atoms with E-state index in [2.05, 4.69) is 50.9 Å². The first kappa shape index (κ1) is 18.9. The topological polar surface area (TPSA) is 77.1 Å². The lowest BCUT2D eigenvalue weighted by Gasteiger charge is -2.22. The van der Waals surface area contributed by atoms with Gasteiger partial charge < -0.3 is 4.90 Å². The highest BCUT2D eigenvalue weighted by Crippen LogP contribution is 2.25. The maximum atomic E-state index is 12.7. The van der Waals surface area contributed by atoms with Gasteiger partial charge in [-0.15, -0.1) is 5.10 Å². The normalized spacial score (nSPS) is 15.8. The summed E-state index contributed by atoms with van der Waals surface area (Å²) in [6.07, 6.45) is 0.940. The number of amides is 1. The van der Waals surface area contributed by atoms with Gasteiger partial charge in [0.25, 0.3) is 5.91 Å². The van der Waals surface area contributed by atoms with Crippen molar-refractivity contribution in [3.63, 3.8) is 0 Å². The van der Waals surface area contributed by atoms with Gasteiger partial charge in [0.1, 0.15) is 18.6 Å². The van der Waals surface area contributed by atoms with Gasteiger partial charge in [-0.05, 0) is 25.1 Å². The summed E-state index contributed by atoms with van der Waals surface area (Å²) in [5.74, 6) is -0.164. The Hall–Kier alpha value is -3.10. The second-order valence-electron chi connectivity index (χ2n) is 7.54. The minimum Gasteiger partial charge on any atom is -0.326 e. The van der Waals surface area contributed by atoms with Crippen LogP contribution in [-0.2, 0) is 26.1 Å². The minimum atomic E-state index is -0.164. The maximum Gasteiger partial charge on any atom is 0.257 e. The number of fused-ring (bicyclic) bond motifs is 2. The molecule has 1 amide bonds. The number of rotatable bonds is 5. The van der Waals surface area contributed by atoms with Gasteiger partial charge in [0, 0.05) is 24.1 Å². The molecule has 0 saturated carbocycles. The highest BCUT2D eigenvalue weighted by atomic mass is 32.1. The smallest absolute Gasteiger partial charge is 0.257 e. The first-order valence-corrected chi connectivity index (χ1v) is 11.0. The molecular weight excluding hydrogens is 396 g/mol. The molecule has 0 fully saturated rings. The summed E-state index contributed by atoms with van der Waals surface area (Å²) in [6, 6.07) is 16.1. The van der Waals surface area contributed by atoms with Crippen molar-refractivity contribution >= 4 is 33.4 Å². The van der Waals surface area contributed by atoms with E-state index in [1.54, 1.807) is 17.4 Å². The maximum absolute atomic E-state index is 12.7. The molecule has 1 atom stereocenters. The molecule has 0 radical (unpaired) electrons. The molecule has 2 aromatic heterocycles. The Labute approximate surface area is 178 Å². The van der Waals surface area contributed by atoms with E-state index in [1.807, 2.05) is 23.7 Å². The molecule has 0 spiro atoms. The summed E-state index contributed by atoms with van der Waals surface area (Å²) in [4.78, 5) is 20.2. The molecule has 8 heteroatoms. The van der Waals surface area contributed by atoms with Gasteiger partial charge in [0.2, 0.25) is 0 Å². The minimum absolute atomic E-state index is 0.164. The number of anilines is 1. The quantitative estimate of drug-likeness (QED) is 0.520. The van der Waals surface area contributed by atoms with Crippen LogP contribution in [0.25, 0.3) is 11.0 Å². The molecule has 1 unspecified atom stereocenters. The first-order chi connectivity index (χ1) is 14.7. The number of carbonyl (C=O) groups excluding carboxylic acids is 1. The number of hydrogen-bond acceptors (Lipinski definition) is 5. The van der Waals surface area contributed by atoms with Crippen molar-refractivity contribution in [2.75, 3.05) is 11.9 Å². The van der Waals surface area contributed by atoms with E-state index in [1.165, 1.54) is 15.3 Å². The molecule has 3 heterocycles. The fraction of sp³-hybridized carbons (Fsp3) is 0.273. The van der Waals surface area contributed by atoms with E-state index in [-0.39, 0.29) is 5.91 Å². The zero-order valence-electron chi connectivity index (χ0n) is 16.8. The highest BCUT2D eigenvalue weighted by molar-refractivity contribution is 7.15. The lowest BCUT2D eigenvalue weighted by Crippen LogP contribution is -3.10. The van der Waals surface area contributed by atoms with Crippen molar-refractivity contribution in [2.45, 2.75) is 33.0 Å². The predicted molar refractivity (Wildman–Crippen MR) is 117 cm³/mol. The van der Waals surface area contributed by atoms with Crippen LogP contribution < -0.4 is 10.2 Å². The SMILES string of the molecule is CCn1nnc2cc(C(=O)Nc3nc4c(s3)C[NH+](Cc3ccccc3)CC4)ccc21. The second-order valence-corrected chi connectivity index (χ2v) is 8.62. The van der Waals surface area contributed by atoms with E-state index in [9.17, 15) is 4.79 Å². The molecule has 2 aromatic carbocycles. The summed E-state index contributed by atoms with van der Waals surface area (Å²) in [7, 11) is 0. The molecule has 4 aromatic rings. The molecule has 152 valence electrons. The zero-order valence-corrected chi connectivity index (χ0v) is 17.6. The fourth-order valence-corrected chi connectivity index (χ4v) is 5.01. The number of nitrogens with one attached hydrogen (secondary N) is 2. The number of aryl methyl sites for hydroxylation is 1. The summed E-state index contributed by atoms with van der Waals surface area (Å²) in [6.45, 7) is 5.78. The van der Waals surface area contributed by atoms with E-state index in [4.69, 9.17) is 0 Å². The summed E-state index contributed by atoms with van der Waals surface area (Å²) >= 11 is 1.59. The number of benzene rings is 2. The molecule has 1 aliphatic rings. The van der Waals surface area contributed by atoms with Crippen molar-refractivity contribution in [1.29, 1.82) is 0 Å². The van der Waals surface area contributed by atoms with Crippen molar-refractivity contribution < 1.29 is 9.69 Å². The van der Waals surface area contributed by atoms with Gasteiger partial charge in [-0.1, -0.05) is 46.9 Å².